The van der Waals surface area contributed by atoms with Gasteiger partial charge in [-0.2, -0.15) is 5.10 Å². The lowest BCUT2D eigenvalue weighted by Gasteiger charge is -2.09. The molecule has 0 bridgehead atoms. The molecule has 1 rings (SSSR count). The molecule has 14 heavy (non-hydrogen) atoms. The Morgan fingerprint density at radius 3 is 2.86 bits per heavy atom. The van der Waals surface area contributed by atoms with Crippen LogP contribution in [-0.2, 0) is 6.54 Å². The van der Waals surface area contributed by atoms with Crippen molar-refractivity contribution in [3.05, 3.63) is 18.5 Å². The van der Waals surface area contributed by atoms with Crippen LogP contribution in [0.5, 0.6) is 0 Å². The summed E-state index contributed by atoms with van der Waals surface area (Å²) in [5, 5.41) is 11.0. The van der Waals surface area contributed by atoms with Crippen LogP contribution in [0.2, 0.25) is 0 Å². The standard InChI is InChI=1S/C9H16N4S/c1-2-4-10-9(14)11-6-8-13-7-3-5-12-13/h3,5,7H,2,4,6,8H2,1H3,(H2,10,11,14). The lowest BCUT2D eigenvalue weighted by Crippen LogP contribution is -2.37. The summed E-state index contributed by atoms with van der Waals surface area (Å²) >= 11 is 5.06. The van der Waals surface area contributed by atoms with Gasteiger partial charge in [0.15, 0.2) is 5.11 Å². The van der Waals surface area contributed by atoms with E-state index in [2.05, 4.69) is 22.7 Å². The summed E-state index contributed by atoms with van der Waals surface area (Å²) in [6.07, 6.45) is 4.79. The minimum atomic E-state index is 0.721. The molecule has 0 saturated heterocycles. The van der Waals surface area contributed by atoms with Gasteiger partial charge in [-0.15, -0.1) is 0 Å². The van der Waals surface area contributed by atoms with Gasteiger partial charge in [0.05, 0.1) is 6.54 Å². The molecule has 0 saturated carbocycles. The van der Waals surface area contributed by atoms with Crippen molar-refractivity contribution in [1.82, 2.24) is 20.4 Å². The Bertz CT molecular complexity index is 258. The highest BCUT2D eigenvalue weighted by molar-refractivity contribution is 7.80. The Balaban J connectivity index is 2.06. The highest BCUT2D eigenvalue weighted by Gasteiger charge is 1.93. The van der Waals surface area contributed by atoms with E-state index in [1.54, 1.807) is 6.20 Å². The highest BCUT2D eigenvalue weighted by atomic mass is 32.1. The Labute approximate surface area is 89.7 Å². The van der Waals surface area contributed by atoms with Gasteiger partial charge in [-0.05, 0) is 24.7 Å². The number of rotatable bonds is 5. The Kier molecular flexibility index (Phi) is 4.99. The third-order valence-electron chi connectivity index (χ3n) is 1.72. The van der Waals surface area contributed by atoms with Crippen molar-refractivity contribution in [2.75, 3.05) is 13.1 Å². The van der Waals surface area contributed by atoms with Gasteiger partial charge in [0.25, 0.3) is 0 Å². The second kappa shape index (κ2) is 6.37. The summed E-state index contributed by atoms with van der Waals surface area (Å²) in [5.74, 6) is 0. The van der Waals surface area contributed by atoms with E-state index < -0.39 is 0 Å². The number of hydrogen-bond donors (Lipinski definition) is 2. The molecule has 0 aliphatic rings. The van der Waals surface area contributed by atoms with E-state index in [1.165, 1.54) is 0 Å². The first kappa shape index (κ1) is 11.0. The lowest BCUT2D eigenvalue weighted by atomic mass is 10.5. The largest absolute Gasteiger partial charge is 0.363 e. The van der Waals surface area contributed by atoms with E-state index >= 15 is 0 Å². The summed E-state index contributed by atoms with van der Waals surface area (Å²) in [7, 11) is 0. The predicted molar refractivity (Wildman–Crippen MR) is 61.1 cm³/mol. The van der Waals surface area contributed by atoms with Crippen LogP contribution in [0.3, 0.4) is 0 Å². The van der Waals surface area contributed by atoms with Gasteiger partial charge in [0.2, 0.25) is 0 Å². The van der Waals surface area contributed by atoms with Gasteiger partial charge >= 0.3 is 0 Å². The van der Waals surface area contributed by atoms with Crippen molar-refractivity contribution >= 4 is 17.3 Å². The monoisotopic (exact) mass is 212 g/mol. The molecule has 2 N–H and O–H groups in total. The molecule has 4 nitrogen and oxygen atoms in total. The van der Waals surface area contributed by atoms with Crippen molar-refractivity contribution in [2.45, 2.75) is 19.9 Å². The first-order valence-electron chi connectivity index (χ1n) is 4.82. The molecule has 0 aliphatic heterocycles. The summed E-state index contributed by atoms with van der Waals surface area (Å²) in [4.78, 5) is 0. The highest BCUT2D eigenvalue weighted by Crippen LogP contribution is 1.82. The van der Waals surface area contributed by atoms with Crippen LogP contribution in [0, 0.1) is 0 Å². The quantitative estimate of drug-likeness (QED) is 0.707. The molecular weight excluding hydrogens is 196 g/mol. The number of nitrogens with zero attached hydrogens (tertiary/aromatic N) is 2. The first-order valence-corrected chi connectivity index (χ1v) is 5.23. The van der Waals surface area contributed by atoms with E-state index in [0.29, 0.717) is 0 Å². The maximum absolute atomic E-state index is 5.06. The van der Waals surface area contributed by atoms with Gasteiger partial charge in [-0.1, -0.05) is 6.92 Å². The smallest absolute Gasteiger partial charge is 0.166 e. The third-order valence-corrected chi connectivity index (χ3v) is 2.01. The SMILES string of the molecule is CCCNC(=S)NCCn1cccn1. The van der Waals surface area contributed by atoms with Crippen LogP contribution < -0.4 is 10.6 Å². The fourth-order valence-corrected chi connectivity index (χ4v) is 1.22. The Morgan fingerprint density at radius 2 is 2.21 bits per heavy atom. The van der Waals surface area contributed by atoms with Gasteiger partial charge in [0, 0.05) is 25.5 Å². The van der Waals surface area contributed by atoms with Crippen molar-refractivity contribution in [2.24, 2.45) is 0 Å². The average molecular weight is 212 g/mol. The topological polar surface area (TPSA) is 41.9 Å². The number of hydrogen-bond acceptors (Lipinski definition) is 2. The van der Waals surface area contributed by atoms with Crippen molar-refractivity contribution in [1.29, 1.82) is 0 Å². The maximum atomic E-state index is 5.06. The molecule has 78 valence electrons. The lowest BCUT2D eigenvalue weighted by molar-refractivity contribution is 0.600. The molecule has 1 aromatic rings. The zero-order valence-electron chi connectivity index (χ0n) is 8.36. The van der Waals surface area contributed by atoms with Crippen LogP contribution in [0.15, 0.2) is 18.5 Å². The zero-order valence-corrected chi connectivity index (χ0v) is 9.18. The van der Waals surface area contributed by atoms with Crippen LogP contribution in [-0.4, -0.2) is 28.0 Å². The first-order chi connectivity index (χ1) is 6.83. The molecule has 0 atom stereocenters. The van der Waals surface area contributed by atoms with Gasteiger partial charge in [-0.25, -0.2) is 0 Å². The number of thiocarbonyl (C=S) groups is 1. The summed E-state index contributed by atoms with van der Waals surface area (Å²) in [6.45, 7) is 4.67. The molecule has 0 fully saturated rings. The maximum Gasteiger partial charge on any atom is 0.166 e. The Hall–Kier alpha value is -1.10. The minimum absolute atomic E-state index is 0.721. The fourth-order valence-electron chi connectivity index (χ4n) is 1.02. The molecule has 1 heterocycles. The van der Waals surface area contributed by atoms with Gasteiger partial charge in [0.1, 0.15) is 0 Å². The summed E-state index contributed by atoms with van der Waals surface area (Å²) in [5.41, 5.74) is 0. The molecule has 0 radical (unpaired) electrons. The van der Waals surface area contributed by atoms with Gasteiger partial charge < -0.3 is 10.6 Å². The molecule has 1 aromatic heterocycles. The summed E-state index contributed by atoms with van der Waals surface area (Å²) in [6, 6.07) is 1.91. The molecule has 5 heteroatoms. The zero-order chi connectivity index (χ0) is 10.2. The molecule has 0 amide bonds. The molecule has 0 aliphatic carbocycles. The summed E-state index contributed by atoms with van der Waals surface area (Å²) < 4.78 is 1.87. The van der Waals surface area contributed by atoms with E-state index in [0.717, 1.165) is 31.2 Å². The second-order valence-electron chi connectivity index (χ2n) is 2.95. The van der Waals surface area contributed by atoms with E-state index in [9.17, 15) is 0 Å². The average Bonchev–Trinajstić information content (AvgIpc) is 2.67. The van der Waals surface area contributed by atoms with E-state index in [-0.39, 0.29) is 0 Å². The molecule has 0 unspecified atom stereocenters. The predicted octanol–water partition coefficient (Wildman–Crippen LogP) is 0.757. The fraction of sp³-hybridized carbons (Fsp3) is 0.556. The van der Waals surface area contributed by atoms with Crippen LogP contribution >= 0.6 is 12.2 Å². The van der Waals surface area contributed by atoms with Crippen molar-refractivity contribution in [3.8, 4) is 0 Å². The van der Waals surface area contributed by atoms with E-state index in [4.69, 9.17) is 12.2 Å². The Morgan fingerprint density at radius 1 is 1.43 bits per heavy atom. The number of nitrogens with one attached hydrogen (secondary N) is 2. The van der Waals surface area contributed by atoms with Crippen LogP contribution in [0.4, 0.5) is 0 Å². The molecule has 0 aromatic carbocycles. The van der Waals surface area contributed by atoms with Gasteiger partial charge in [-0.3, -0.25) is 4.68 Å². The minimum Gasteiger partial charge on any atom is -0.363 e. The normalized spacial score (nSPS) is 9.79. The van der Waals surface area contributed by atoms with Crippen LogP contribution in [0.1, 0.15) is 13.3 Å². The van der Waals surface area contributed by atoms with Crippen LogP contribution in [0.25, 0.3) is 0 Å². The van der Waals surface area contributed by atoms with Crippen molar-refractivity contribution in [3.63, 3.8) is 0 Å². The van der Waals surface area contributed by atoms with E-state index in [1.807, 2.05) is 16.9 Å². The molecular formula is C9H16N4S. The second-order valence-corrected chi connectivity index (χ2v) is 3.36. The molecule has 0 spiro atoms. The number of aromatic nitrogens is 2. The van der Waals surface area contributed by atoms with Crippen molar-refractivity contribution < 1.29 is 0 Å². The third kappa shape index (κ3) is 4.23.